The first-order valence-electron chi connectivity index (χ1n) is 23.2. The van der Waals surface area contributed by atoms with Crippen molar-refractivity contribution in [2.45, 2.75) is 39.3 Å². The van der Waals surface area contributed by atoms with Crippen molar-refractivity contribution in [2.24, 2.45) is 0 Å². The second-order valence-corrected chi connectivity index (χ2v) is 19.4. The number of hydrogen-bond acceptors (Lipinski definition) is 6. The first kappa shape index (κ1) is 78.1. The third-order valence-corrected chi connectivity index (χ3v) is 9.89. The Morgan fingerprint density at radius 3 is 0.423 bits per heavy atom. The van der Waals surface area contributed by atoms with Gasteiger partial charge in [0.2, 0.25) is 0 Å². The molecule has 0 atom stereocenters. The van der Waals surface area contributed by atoms with Gasteiger partial charge in [-0.1, -0.05) is 182 Å². The van der Waals surface area contributed by atoms with E-state index in [1.54, 1.807) is 0 Å². The van der Waals surface area contributed by atoms with Crippen molar-refractivity contribution in [2.75, 3.05) is 61.4 Å². The molecule has 26 heteroatoms. The Morgan fingerprint density at radius 2 is 0.333 bits per heavy atom. The first-order chi connectivity index (χ1) is 36.4. The van der Waals surface area contributed by atoms with Gasteiger partial charge >= 0.3 is 48.6 Å². The van der Waals surface area contributed by atoms with Gasteiger partial charge in [0.05, 0.1) is 61.4 Å². The fourth-order valence-corrected chi connectivity index (χ4v) is 7.62. The Labute approximate surface area is 517 Å². The van der Waals surface area contributed by atoms with Crippen LogP contribution in [0.15, 0.2) is 182 Å². The maximum absolute atomic E-state index is 9.75. The normalized spacial score (nSPS) is 13.8. The molecular weight excluding hydrogens is 1290 g/mol. The van der Waals surface area contributed by atoms with Crippen LogP contribution in [0.1, 0.15) is 33.4 Å². The number of halogens is 16. The van der Waals surface area contributed by atoms with E-state index in [0.29, 0.717) is 0 Å². The zero-order valence-corrected chi connectivity index (χ0v) is 50.1. The third kappa shape index (κ3) is 44.6. The van der Waals surface area contributed by atoms with E-state index in [0.717, 1.165) is 79.3 Å². The molecule has 0 amide bonds. The van der Waals surface area contributed by atoms with Gasteiger partial charge in [0.1, 0.15) is 0 Å². The van der Waals surface area contributed by atoms with E-state index in [9.17, 15) is 34.5 Å². The molecule has 78 heavy (non-hydrogen) atoms. The summed E-state index contributed by atoms with van der Waals surface area (Å²) in [4.78, 5) is 15.2. The standard InChI is InChI=1S/2C24H27N3.4CH2Cl2.2BF4.2Cu/c2*1-4-10-22(11-5-1)16-25-19-26(17-23-12-6-2-7-13-23)21-27(20-25)18-24-14-8-3-9-15-24;4*2-1-3;2*2-1(3,4)5;;/h2*1-15H,16-21H2;4*1H2;;;;/q;;;;;;2*-1;2*+1. The molecule has 0 unspecified atom stereocenters. The van der Waals surface area contributed by atoms with Gasteiger partial charge in [0, 0.05) is 39.3 Å². The quantitative estimate of drug-likeness (QED) is 0.0686. The molecule has 2 aliphatic heterocycles. The van der Waals surface area contributed by atoms with Crippen molar-refractivity contribution >= 4 is 107 Å². The maximum atomic E-state index is 9.75. The molecule has 0 aliphatic carbocycles. The molecule has 440 valence electrons. The summed E-state index contributed by atoms with van der Waals surface area (Å²) in [5, 5.41) is 0.778. The molecule has 0 bridgehead atoms. The first-order valence-corrected chi connectivity index (χ1v) is 27.4. The molecule has 0 aromatic heterocycles. The second kappa shape index (κ2) is 48.5. The summed E-state index contributed by atoms with van der Waals surface area (Å²) in [6, 6.07) is 64.7. The summed E-state index contributed by atoms with van der Waals surface area (Å²) in [7, 11) is -12.0. The maximum Gasteiger partial charge on any atom is 1.00 e. The Balaban J connectivity index is 0. The minimum Gasteiger partial charge on any atom is -0.418 e. The SMILES string of the molecule is ClCCl.ClCCl.ClCCl.ClCCl.F[B-](F)(F)F.F[B-](F)(F)F.[Cu+].[Cu+].c1ccc(CN2CN(Cc3ccccc3)CN(Cc3ccccc3)C2)cc1.c1ccc(CN2CN(Cc3ccccc3)CN(Cc3ccccc3)C2)cc1. The van der Waals surface area contributed by atoms with E-state index < -0.39 is 14.5 Å². The number of benzene rings is 6. The zero-order valence-electron chi connectivity index (χ0n) is 42.1. The second-order valence-electron chi connectivity index (χ2n) is 16.1. The van der Waals surface area contributed by atoms with Gasteiger partial charge in [-0.2, -0.15) is 0 Å². The Bertz CT molecular complexity index is 1840. The average molecular weight is 1360 g/mol. The van der Waals surface area contributed by atoms with Gasteiger partial charge < -0.3 is 34.5 Å². The van der Waals surface area contributed by atoms with E-state index >= 15 is 0 Å². The Hall–Kier alpha value is -1.99. The predicted octanol–water partition coefficient (Wildman–Crippen LogP) is 17.0. The topological polar surface area (TPSA) is 19.4 Å². The van der Waals surface area contributed by atoms with Crippen molar-refractivity contribution in [1.29, 1.82) is 0 Å². The number of rotatable bonds is 12. The van der Waals surface area contributed by atoms with Crippen molar-refractivity contribution in [1.82, 2.24) is 29.4 Å². The summed E-state index contributed by atoms with van der Waals surface area (Å²) >= 11 is 38.1. The van der Waals surface area contributed by atoms with Crippen LogP contribution in [0.3, 0.4) is 0 Å². The molecule has 0 spiro atoms. The van der Waals surface area contributed by atoms with E-state index in [1.165, 1.54) is 33.4 Å². The molecule has 2 heterocycles. The number of nitrogens with zero attached hydrogens (tertiary/aromatic N) is 6. The molecule has 0 saturated carbocycles. The van der Waals surface area contributed by atoms with Crippen LogP contribution in [0.2, 0.25) is 0 Å². The minimum atomic E-state index is -6.00. The van der Waals surface area contributed by atoms with Crippen LogP contribution in [0.5, 0.6) is 0 Å². The van der Waals surface area contributed by atoms with Crippen molar-refractivity contribution in [3.05, 3.63) is 215 Å². The van der Waals surface area contributed by atoms with Crippen LogP contribution < -0.4 is 0 Å². The van der Waals surface area contributed by atoms with Crippen LogP contribution >= 0.6 is 92.8 Å². The van der Waals surface area contributed by atoms with Crippen LogP contribution in [0.4, 0.5) is 34.5 Å². The molecule has 8 rings (SSSR count). The molecule has 0 N–H and O–H groups in total. The molecule has 2 saturated heterocycles. The Kier molecular flexibility index (Phi) is 48.6. The summed E-state index contributed by atoms with van der Waals surface area (Å²) in [6.45, 7) is 11.9. The summed E-state index contributed by atoms with van der Waals surface area (Å²) in [6.07, 6.45) is 0. The van der Waals surface area contributed by atoms with E-state index in [1.807, 2.05) is 0 Å². The fourth-order valence-electron chi connectivity index (χ4n) is 7.62. The number of alkyl halides is 8. The molecule has 2 aliphatic rings. The monoisotopic (exact) mass is 1350 g/mol. The summed E-state index contributed by atoms with van der Waals surface area (Å²) in [5.41, 5.74) is 8.24. The van der Waals surface area contributed by atoms with Crippen molar-refractivity contribution < 1.29 is 68.7 Å². The minimum absolute atomic E-state index is 0. The van der Waals surface area contributed by atoms with Crippen LogP contribution in [-0.2, 0) is 73.4 Å². The Morgan fingerprint density at radius 1 is 0.244 bits per heavy atom. The van der Waals surface area contributed by atoms with Gasteiger partial charge in [0.25, 0.3) is 0 Å². The van der Waals surface area contributed by atoms with Crippen molar-refractivity contribution in [3.8, 4) is 0 Å². The van der Waals surface area contributed by atoms with Gasteiger partial charge in [-0.3, -0.25) is 29.4 Å². The molecule has 6 aromatic carbocycles. The van der Waals surface area contributed by atoms with E-state index in [-0.39, 0.29) is 55.5 Å². The van der Waals surface area contributed by atoms with Crippen LogP contribution in [0.25, 0.3) is 0 Å². The van der Waals surface area contributed by atoms with Gasteiger partial charge in [0.15, 0.2) is 0 Å². The van der Waals surface area contributed by atoms with E-state index in [4.69, 9.17) is 92.8 Å². The van der Waals surface area contributed by atoms with Gasteiger partial charge in [-0.15, -0.1) is 92.8 Å². The van der Waals surface area contributed by atoms with Crippen molar-refractivity contribution in [3.63, 3.8) is 0 Å². The molecule has 0 radical (unpaired) electrons. The largest absolute Gasteiger partial charge is 1.00 e. The molecule has 6 nitrogen and oxygen atoms in total. The van der Waals surface area contributed by atoms with Gasteiger partial charge in [-0.05, 0) is 33.4 Å². The van der Waals surface area contributed by atoms with E-state index in [2.05, 4.69) is 211 Å². The third-order valence-electron chi connectivity index (χ3n) is 9.89. The van der Waals surface area contributed by atoms with Gasteiger partial charge in [-0.25, -0.2) is 0 Å². The average Bonchev–Trinajstić information content (AvgIpc) is 3.36. The molecular formula is C52H62B2Cl8Cu2F8N6. The molecule has 2 fully saturated rings. The van der Waals surface area contributed by atoms with Crippen LogP contribution in [0, 0.1) is 0 Å². The summed E-state index contributed by atoms with van der Waals surface area (Å²) in [5.74, 6) is 0. The number of hydrogen-bond donors (Lipinski definition) is 0. The fraction of sp³-hybridized carbons (Fsp3) is 0.308. The summed E-state index contributed by atoms with van der Waals surface area (Å²) < 4.78 is 78.0. The van der Waals surface area contributed by atoms with Crippen LogP contribution in [-0.4, -0.2) is 105 Å². The zero-order chi connectivity index (χ0) is 56.5. The smallest absolute Gasteiger partial charge is 0.418 e. The molecule has 6 aromatic rings. The predicted molar refractivity (Wildman–Crippen MR) is 308 cm³/mol.